The van der Waals surface area contributed by atoms with E-state index in [4.69, 9.17) is 9.15 Å². The predicted octanol–water partition coefficient (Wildman–Crippen LogP) is 3.86. The summed E-state index contributed by atoms with van der Waals surface area (Å²) in [5.74, 6) is 1.09. The van der Waals surface area contributed by atoms with Crippen LogP contribution >= 0.6 is 15.9 Å². The number of benzene rings is 1. The van der Waals surface area contributed by atoms with Crippen molar-refractivity contribution in [3.63, 3.8) is 0 Å². The number of carbonyl (C=O) groups excluding carboxylic acids is 1. The highest BCUT2D eigenvalue weighted by Crippen LogP contribution is 2.32. The molecule has 0 bridgehead atoms. The van der Waals surface area contributed by atoms with E-state index >= 15 is 0 Å². The Balaban J connectivity index is 1.83. The first-order valence-electron chi connectivity index (χ1n) is 6.87. The Morgan fingerprint density at radius 3 is 2.71 bits per heavy atom. The Hall–Kier alpha value is -1.75. The molecule has 0 spiro atoms. The normalized spacial score (nSPS) is 14.0. The van der Waals surface area contributed by atoms with Gasteiger partial charge in [-0.3, -0.25) is 4.79 Å². The van der Waals surface area contributed by atoms with Crippen LogP contribution in [-0.4, -0.2) is 24.0 Å². The van der Waals surface area contributed by atoms with Gasteiger partial charge in [0.05, 0.1) is 13.7 Å². The standard InChI is InChI=1S/C16H16BrNO3/c1-20-13-5-3-2-4-11(13)10-18(12-6-7-12)16(19)14-8-9-15(17)21-14/h2-5,8-9,12H,6-7,10H2,1H3. The van der Waals surface area contributed by atoms with Crippen molar-refractivity contribution in [3.8, 4) is 5.75 Å². The van der Waals surface area contributed by atoms with Crippen molar-refractivity contribution in [3.05, 3.63) is 52.4 Å². The highest BCUT2D eigenvalue weighted by Gasteiger charge is 2.34. The maximum atomic E-state index is 12.6. The highest BCUT2D eigenvalue weighted by atomic mass is 79.9. The molecule has 5 heteroatoms. The summed E-state index contributed by atoms with van der Waals surface area (Å²) in [5.41, 5.74) is 1.01. The van der Waals surface area contributed by atoms with Crippen molar-refractivity contribution in [2.24, 2.45) is 0 Å². The predicted molar refractivity (Wildman–Crippen MR) is 82.3 cm³/mol. The van der Waals surface area contributed by atoms with E-state index in [2.05, 4.69) is 15.9 Å². The number of hydrogen-bond donors (Lipinski definition) is 0. The molecular weight excluding hydrogens is 334 g/mol. The molecule has 1 aromatic carbocycles. The van der Waals surface area contributed by atoms with E-state index in [1.165, 1.54) is 0 Å². The molecule has 1 fully saturated rings. The first kappa shape index (κ1) is 14.2. The van der Waals surface area contributed by atoms with Crippen LogP contribution in [0.2, 0.25) is 0 Å². The second-order valence-electron chi connectivity index (χ2n) is 5.08. The van der Waals surface area contributed by atoms with Gasteiger partial charge >= 0.3 is 0 Å². The Bertz CT molecular complexity index is 648. The molecule has 0 radical (unpaired) electrons. The number of para-hydroxylation sites is 1. The molecule has 1 heterocycles. The van der Waals surface area contributed by atoms with Crippen LogP contribution in [0, 0.1) is 0 Å². The maximum absolute atomic E-state index is 12.6. The molecule has 2 aromatic rings. The quantitative estimate of drug-likeness (QED) is 0.823. The number of hydrogen-bond acceptors (Lipinski definition) is 3. The fourth-order valence-electron chi connectivity index (χ4n) is 2.34. The molecular formula is C16H16BrNO3. The number of methoxy groups -OCH3 is 1. The number of ether oxygens (including phenoxy) is 1. The molecule has 3 rings (SSSR count). The van der Waals surface area contributed by atoms with Crippen molar-refractivity contribution >= 4 is 21.8 Å². The number of nitrogens with zero attached hydrogens (tertiary/aromatic N) is 1. The van der Waals surface area contributed by atoms with E-state index in [0.29, 0.717) is 23.0 Å². The minimum atomic E-state index is -0.0749. The van der Waals surface area contributed by atoms with Crippen LogP contribution in [0.25, 0.3) is 0 Å². The third kappa shape index (κ3) is 3.13. The van der Waals surface area contributed by atoms with E-state index in [-0.39, 0.29) is 5.91 Å². The van der Waals surface area contributed by atoms with Gasteiger partial charge in [-0.05, 0) is 47.0 Å². The van der Waals surface area contributed by atoms with Gasteiger partial charge in [0.2, 0.25) is 0 Å². The van der Waals surface area contributed by atoms with Gasteiger partial charge in [-0.1, -0.05) is 18.2 Å². The monoisotopic (exact) mass is 349 g/mol. The Labute approximate surface area is 131 Å². The summed E-state index contributed by atoms with van der Waals surface area (Å²) in [5, 5.41) is 0. The van der Waals surface area contributed by atoms with Gasteiger partial charge in [0.15, 0.2) is 10.4 Å². The molecule has 0 N–H and O–H groups in total. The van der Waals surface area contributed by atoms with Gasteiger partial charge in [-0.25, -0.2) is 0 Å². The van der Waals surface area contributed by atoms with Gasteiger partial charge < -0.3 is 14.1 Å². The summed E-state index contributed by atoms with van der Waals surface area (Å²) in [7, 11) is 1.64. The summed E-state index contributed by atoms with van der Waals surface area (Å²) in [6.07, 6.45) is 2.09. The second-order valence-corrected chi connectivity index (χ2v) is 5.86. The lowest BCUT2D eigenvalue weighted by molar-refractivity contribution is 0.0695. The molecule has 4 nitrogen and oxygen atoms in total. The van der Waals surface area contributed by atoms with Crippen molar-refractivity contribution < 1.29 is 13.9 Å². The molecule has 1 saturated carbocycles. The van der Waals surface area contributed by atoms with Gasteiger partial charge in [0.1, 0.15) is 5.75 Å². The van der Waals surface area contributed by atoms with Gasteiger partial charge in [-0.2, -0.15) is 0 Å². The first-order chi connectivity index (χ1) is 10.2. The van der Waals surface area contributed by atoms with Gasteiger partial charge in [0, 0.05) is 11.6 Å². The molecule has 110 valence electrons. The average Bonchev–Trinajstić information content (AvgIpc) is 3.25. The molecule has 0 unspecified atom stereocenters. The molecule has 0 atom stereocenters. The van der Waals surface area contributed by atoms with Crippen molar-refractivity contribution in [2.45, 2.75) is 25.4 Å². The lowest BCUT2D eigenvalue weighted by Crippen LogP contribution is -2.32. The molecule has 1 aliphatic rings. The maximum Gasteiger partial charge on any atom is 0.290 e. The van der Waals surface area contributed by atoms with E-state index in [1.54, 1.807) is 19.2 Å². The smallest absolute Gasteiger partial charge is 0.290 e. The van der Waals surface area contributed by atoms with Crippen LogP contribution in [-0.2, 0) is 6.54 Å². The van der Waals surface area contributed by atoms with Crippen LogP contribution in [0.15, 0.2) is 45.5 Å². The minimum Gasteiger partial charge on any atom is -0.496 e. The summed E-state index contributed by atoms with van der Waals surface area (Å²) >= 11 is 3.23. The topological polar surface area (TPSA) is 42.7 Å². The van der Waals surface area contributed by atoms with Crippen LogP contribution in [0.1, 0.15) is 29.0 Å². The number of carbonyl (C=O) groups is 1. The fraction of sp³-hybridized carbons (Fsp3) is 0.312. The lowest BCUT2D eigenvalue weighted by Gasteiger charge is -2.22. The van der Waals surface area contributed by atoms with Gasteiger partial charge in [0.25, 0.3) is 5.91 Å². The third-order valence-electron chi connectivity index (χ3n) is 3.57. The number of amides is 1. The van der Waals surface area contributed by atoms with E-state index in [0.717, 1.165) is 24.2 Å². The van der Waals surface area contributed by atoms with Crippen LogP contribution < -0.4 is 4.74 Å². The largest absolute Gasteiger partial charge is 0.496 e. The zero-order valence-electron chi connectivity index (χ0n) is 11.7. The summed E-state index contributed by atoms with van der Waals surface area (Å²) in [4.78, 5) is 14.5. The van der Waals surface area contributed by atoms with E-state index in [9.17, 15) is 4.79 Å². The second kappa shape index (κ2) is 5.93. The number of furan rings is 1. The van der Waals surface area contributed by atoms with Crippen LogP contribution in [0.4, 0.5) is 0 Å². The van der Waals surface area contributed by atoms with E-state index < -0.39 is 0 Å². The summed E-state index contributed by atoms with van der Waals surface area (Å²) < 4.78 is 11.3. The Morgan fingerprint density at radius 1 is 1.33 bits per heavy atom. The average molecular weight is 350 g/mol. The molecule has 1 aliphatic carbocycles. The highest BCUT2D eigenvalue weighted by molar-refractivity contribution is 9.10. The van der Waals surface area contributed by atoms with Crippen LogP contribution in [0.5, 0.6) is 5.75 Å². The van der Waals surface area contributed by atoms with Crippen molar-refractivity contribution in [1.82, 2.24) is 4.90 Å². The number of halogens is 1. The number of rotatable bonds is 5. The molecule has 0 saturated heterocycles. The lowest BCUT2D eigenvalue weighted by atomic mass is 10.1. The van der Waals surface area contributed by atoms with E-state index in [1.807, 2.05) is 29.2 Å². The summed E-state index contributed by atoms with van der Waals surface area (Å²) in [6, 6.07) is 11.5. The zero-order valence-corrected chi connectivity index (χ0v) is 13.3. The fourth-order valence-corrected chi connectivity index (χ4v) is 2.65. The molecule has 0 aliphatic heterocycles. The van der Waals surface area contributed by atoms with Gasteiger partial charge in [-0.15, -0.1) is 0 Å². The molecule has 1 amide bonds. The van der Waals surface area contributed by atoms with Crippen molar-refractivity contribution in [1.29, 1.82) is 0 Å². The first-order valence-corrected chi connectivity index (χ1v) is 7.66. The van der Waals surface area contributed by atoms with Crippen molar-refractivity contribution in [2.75, 3.05) is 7.11 Å². The van der Waals surface area contributed by atoms with Crippen LogP contribution in [0.3, 0.4) is 0 Å². The Kier molecular flexibility index (Phi) is 4.01. The zero-order chi connectivity index (χ0) is 14.8. The third-order valence-corrected chi connectivity index (χ3v) is 3.99. The molecule has 1 aromatic heterocycles. The Morgan fingerprint density at radius 2 is 2.10 bits per heavy atom. The SMILES string of the molecule is COc1ccccc1CN(C(=O)c1ccc(Br)o1)C1CC1. The molecule has 21 heavy (non-hydrogen) atoms. The minimum absolute atomic E-state index is 0.0749. The summed E-state index contributed by atoms with van der Waals surface area (Å²) in [6.45, 7) is 0.534.